The maximum Gasteiger partial charge on any atom is 0.119 e. The lowest BCUT2D eigenvalue weighted by Crippen LogP contribution is -2.28. The summed E-state index contributed by atoms with van der Waals surface area (Å²) in [6, 6.07) is 16.1. The number of fused-ring (bicyclic) bond motifs is 1. The van der Waals surface area contributed by atoms with E-state index in [1.165, 1.54) is 5.69 Å². The van der Waals surface area contributed by atoms with E-state index >= 15 is 0 Å². The van der Waals surface area contributed by atoms with Crippen LogP contribution in [0.15, 0.2) is 42.5 Å². The number of benzene rings is 2. The van der Waals surface area contributed by atoms with Crippen LogP contribution in [0.3, 0.4) is 0 Å². The van der Waals surface area contributed by atoms with E-state index in [1.54, 1.807) is 7.11 Å². The Morgan fingerprint density at radius 3 is 2.91 bits per heavy atom. The molecule has 1 heterocycles. The van der Waals surface area contributed by atoms with Crippen molar-refractivity contribution >= 4 is 5.69 Å². The van der Waals surface area contributed by atoms with Crippen molar-refractivity contribution in [3.63, 3.8) is 0 Å². The molecule has 1 aliphatic rings. The number of nitrogens with zero attached hydrogens (tertiary/aromatic N) is 2. The molecule has 2 aromatic carbocycles. The molecule has 0 N–H and O–H groups in total. The highest BCUT2D eigenvalue weighted by Gasteiger charge is 2.20. The molecule has 0 amide bonds. The molecule has 4 heteroatoms. The fourth-order valence-corrected chi connectivity index (χ4v) is 2.96. The van der Waals surface area contributed by atoms with Gasteiger partial charge in [0.15, 0.2) is 0 Å². The Labute approximate surface area is 136 Å². The zero-order valence-corrected chi connectivity index (χ0v) is 13.5. The van der Waals surface area contributed by atoms with E-state index in [4.69, 9.17) is 9.47 Å². The third-order valence-corrected chi connectivity index (χ3v) is 4.24. The van der Waals surface area contributed by atoms with Gasteiger partial charge in [-0.3, -0.25) is 0 Å². The van der Waals surface area contributed by atoms with Crippen LogP contribution in [0, 0.1) is 11.3 Å². The number of ether oxygens (including phenoxy) is 2. The molecule has 0 saturated carbocycles. The number of methoxy groups -OCH3 is 1. The summed E-state index contributed by atoms with van der Waals surface area (Å²) in [6.07, 6.45) is 0.703. The van der Waals surface area contributed by atoms with Crippen molar-refractivity contribution in [2.24, 2.45) is 0 Å². The van der Waals surface area contributed by atoms with Gasteiger partial charge in [-0.1, -0.05) is 12.1 Å². The molecule has 4 nitrogen and oxygen atoms in total. The summed E-state index contributed by atoms with van der Waals surface area (Å²) in [4.78, 5) is 2.18. The summed E-state index contributed by atoms with van der Waals surface area (Å²) < 4.78 is 11.4. The van der Waals surface area contributed by atoms with Crippen molar-refractivity contribution in [2.45, 2.75) is 12.5 Å². The predicted octanol–water partition coefficient (Wildman–Crippen LogP) is 3.32. The van der Waals surface area contributed by atoms with Gasteiger partial charge in [-0.2, -0.15) is 5.26 Å². The topological polar surface area (TPSA) is 45.5 Å². The maximum absolute atomic E-state index is 9.17. The Bertz CT molecular complexity index is 736. The molecule has 0 fully saturated rings. The van der Waals surface area contributed by atoms with E-state index in [1.807, 2.05) is 36.4 Å². The molecule has 118 valence electrons. The van der Waals surface area contributed by atoms with Crippen LogP contribution in [0.1, 0.15) is 22.8 Å². The van der Waals surface area contributed by atoms with Gasteiger partial charge in [0.05, 0.1) is 31.5 Å². The lowest BCUT2D eigenvalue weighted by atomic mass is 9.97. The van der Waals surface area contributed by atoms with Crippen molar-refractivity contribution < 1.29 is 9.47 Å². The minimum atomic E-state index is -0.0357. The summed E-state index contributed by atoms with van der Waals surface area (Å²) >= 11 is 0. The van der Waals surface area contributed by atoms with Gasteiger partial charge < -0.3 is 14.4 Å². The van der Waals surface area contributed by atoms with Crippen LogP contribution >= 0.6 is 0 Å². The third kappa shape index (κ3) is 3.30. The summed E-state index contributed by atoms with van der Waals surface area (Å²) in [5.41, 5.74) is 4.09. The Balaban J connectivity index is 1.97. The molecule has 1 unspecified atom stereocenters. The minimum absolute atomic E-state index is 0.0357. The van der Waals surface area contributed by atoms with Gasteiger partial charge in [-0.15, -0.1) is 0 Å². The number of likely N-dealkylation sites (N-methyl/N-ethyl adjacent to an activating group) is 1. The molecule has 0 radical (unpaired) electrons. The number of rotatable bonds is 2. The van der Waals surface area contributed by atoms with Crippen LogP contribution in [0.2, 0.25) is 0 Å². The molecule has 0 bridgehead atoms. The van der Waals surface area contributed by atoms with Crippen molar-refractivity contribution in [1.82, 2.24) is 0 Å². The Morgan fingerprint density at radius 1 is 1.26 bits per heavy atom. The van der Waals surface area contributed by atoms with Crippen molar-refractivity contribution in [3.05, 3.63) is 59.2 Å². The molecule has 0 spiro atoms. The average Bonchev–Trinajstić information content (AvgIpc) is 2.59. The fraction of sp³-hybridized carbons (Fsp3) is 0.316. The first-order chi connectivity index (χ1) is 11.2. The Hall–Kier alpha value is -2.51. The molecule has 1 atom stereocenters. The van der Waals surface area contributed by atoms with E-state index in [9.17, 15) is 5.26 Å². The van der Waals surface area contributed by atoms with Crippen LogP contribution in [0.25, 0.3) is 0 Å². The van der Waals surface area contributed by atoms with E-state index < -0.39 is 0 Å². The number of anilines is 1. The van der Waals surface area contributed by atoms with E-state index in [0.717, 1.165) is 29.8 Å². The molecule has 3 rings (SSSR count). The van der Waals surface area contributed by atoms with Gasteiger partial charge in [0, 0.05) is 25.7 Å². The molecule has 2 aromatic rings. The molecular formula is C19H20N2O2. The van der Waals surface area contributed by atoms with Gasteiger partial charge in [0.2, 0.25) is 0 Å². The molecular weight excluding hydrogens is 288 g/mol. The quantitative estimate of drug-likeness (QED) is 0.854. The largest absolute Gasteiger partial charge is 0.497 e. The van der Waals surface area contributed by atoms with Crippen LogP contribution < -0.4 is 9.64 Å². The first-order valence-corrected chi connectivity index (χ1v) is 7.71. The van der Waals surface area contributed by atoms with Crippen molar-refractivity contribution in [3.8, 4) is 11.8 Å². The lowest BCUT2D eigenvalue weighted by Gasteiger charge is -2.29. The second-order valence-electron chi connectivity index (χ2n) is 5.72. The van der Waals surface area contributed by atoms with Crippen LogP contribution in [-0.2, 0) is 11.2 Å². The zero-order valence-electron chi connectivity index (χ0n) is 13.5. The van der Waals surface area contributed by atoms with Crippen molar-refractivity contribution in [2.75, 3.05) is 32.2 Å². The molecule has 0 saturated heterocycles. The SMILES string of the molecule is COc1cccc(C2Cc3cc(C#N)ccc3N(C)CCO2)c1. The molecule has 23 heavy (non-hydrogen) atoms. The Morgan fingerprint density at radius 2 is 2.13 bits per heavy atom. The second-order valence-corrected chi connectivity index (χ2v) is 5.72. The highest BCUT2D eigenvalue weighted by Crippen LogP contribution is 2.32. The van der Waals surface area contributed by atoms with Crippen LogP contribution in [0.4, 0.5) is 5.69 Å². The zero-order chi connectivity index (χ0) is 16.2. The lowest BCUT2D eigenvalue weighted by molar-refractivity contribution is 0.0558. The molecule has 0 aromatic heterocycles. The number of hydrogen-bond acceptors (Lipinski definition) is 4. The Kier molecular flexibility index (Phi) is 4.50. The second kappa shape index (κ2) is 6.72. The average molecular weight is 308 g/mol. The fourth-order valence-electron chi connectivity index (χ4n) is 2.96. The van der Waals surface area contributed by atoms with Crippen molar-refractivity contribution in [1.29, 1.82) is 5.26 Å². The van der Waals surface area contributed by atoms with Crippen LogP contribution in [-0.4, -0.2) is 27.3 Å². The van der Waals surface area contributed by atoms with E-state index in [2.05, 4.69) is 24.1 Å². The van der Waals surface area contributed by atoms with Gasteiger partial charge in [-0.25, -0.2) is 0 Å². The molecule has 0 aliphatic carbocycles. The highest BCUT2D eigenvalue weighted by atomic mass is 16.5. The normalized spacial score (nSPS) is 17.6. The van der Waals surface area contributed by atoms with Crippen LogP contribution in [0.5, 0.6) is 5.75 Å². The highest BCUT2D eigenvalue weighted by molar-refractivity contribution is 5.57. The number of hydrogen-bond donors (Lipinski definition) is 0. The van der Waals surface area contributed by atoms with E-state index in [0.29, 0.717) is 12.2 Å². The van der Waals surface area contributed by atoms with E-state index in [-0.39, 0.29) is 6.10 Å². The summed E-state index contributed by atoms with van der Waals surface area (Å²) in [5.74, 6) is 0.830. The minimum Gasteiger partial charge on any atom is -0.497 e. The van der Waals surface area contributed by atoms with Gasteiger partial charge in [0.1, 0.15) is 5.75 Å². The first-order valence-electron chi connectivity index (χ1n) is 7.71. The third-order valence-electron chi connectivity index (χ3n) is 4.24. The molecule has 1 aliphatic heterocycles. The smallest absolute Gasteiger partial charge is 0.119 e. The monoisotopic (exact) mass is 308 g/mol. The van der Waals surface area contributed by atoms with Gasteiger partial charge in [0.25, 0.3) is 0 Å². The van der Waals surface area contributed by atoms with Gasteiger partial charge >= 0.3 is 0 Å². The predicted molar refractivity (Wildman–Crippen MR) is 89.8 cm³/mol. The summed E-state index contributed by atoms with van der Waals surface area (Å²) in [7, 11) is 3.72. The standard InChI is InChI=1S/C19H20N2O2/c1-21-8-9-23-19(15-4-3-5-17(11-15)22-2)12-16-10-14(13-20)6-7-18(16)21/h3-7,10-11,19H,8-9,12H2,1-2H3. The summed E-state index contributed by atoms with van der Waals surface area (Å²) in [6.45, 7) is 1.48. The van der Waals surface area contributed by atoms with Gasteiger partial charge in [-0.05, 0) is 41.5 Å². The summed E-state index contributed by atoms with van der Waals surface area (Å²) in [5, 5.41) is 9.17. The maximum atomic E-state index is 9.17. The number of nitriles is 1. The first kappa shape index (κ1) is 15.4.